The molecule has 0 aliphatic carbocycles. The molecule has 0 bridgehead atoms. The van der Waals surface area contributed by atoms with Crippen LogP contribution >= 0.6 is 11.6 Å². The van der Waals surface area contributed by atoms with Crippen LogP contribution in [0.4, 0.5) is 5.69 Å². The fourth-order valence-corrected chi connectivity index (χ4v) is 3.37. The molecule has 0 saturated heterocycles. The highest BCUT2D eigenvalue weighted by molar-refractivity contribution is 7.92. The maximum atomic E-state index is 12.4. The highest BCUT2D eigenvalue weighted by Crippen LogP contribution is 2.31. The van der Waals surface area contributed by atoms with Gasteiger partial charge in [0, 0.05) is 10.7 Å². The van der Waals surface area contributed by atoms with Crippen LogP contribution in [-0.4, -0.2) is 18.6 Å². The Balaban J connectivity index is 2.00. The van der Waals surface area contributed by atoms with Crippen molar-refractivity contribution >= 4 is 38.1 Å². The van der Waals surface area contributed by atoms with Gasteiger partial charge in [0.15, 0.2) is 11.5 Å². The van der Waals surface area contributed by atoms with Gasteiger partial charge in [-0.2, -0.15) is 0 Å². The summed E-state index contributed by atoms with van der Waals surface area (Å²) in [6.07, 6.45) is 0. The van der Waals surface area contributed by atoms with Crippen LogP contribution in [0.1, 0.15) is 0 Å². The van der Waals surface area contributed by atoms with Gasteiger partial charge in [-0.05, 0) is 59.3 Å². The normalized spacial score (nSPS) is 11.5. The van der Waals surface area contributed by atoms with Gasteiger partial charge in [0.1, 0.15) is 0 Å². The molecule has 0 heterocycles. The minimum Gasteiger partial charge on any atom is -0.504 e. The molecule has 0 aliphatic heterocycles. The number of nitrogens with one attached hydrogen (secondary N) is 1. The first-order chi connectivity index (χ1) is 10.8. The van der Waals surface area contributed by atoms with Gasteiger partial charge in [-0.25, -0.2) is 8.42 Å². The molecule has 118 valence electrons. The number of benzene rings is 3. The number of hydrogen-bond donors (Lipinski definition) is 3. The van der Waals surface area contributed by atoms with Gasteiger partial charge in [-0.15, -0.1) is 0 Å². The van der Waals surface area contributed by atoms with E-state index in [1.54, 1.807) is 30.3 Å². The molecule has 7 heteroatoms. The van der Waals surface area contributed by atoms with Gasteiger partial charge >= 0.3 is 0 Å². The maximum Gasteiger partial charge on any atom is 0.261 e. The third-order valence-corrected chi connectivity index (χ3v) is 4.94. The van der Waals surface area contributed by atoms with Crippen molar-refractivity contribution in [2.75, 3.05) is 4.72 Å². The Morgan fingerprint density at radius 1 is 0.826 bits per heavy atom. The molecule has 3 aromatic carbocycles. The topological polar surface area (TPSA) is 86.6 Å². The van der Waals surface area contributed by atoms with Crippen molar-refractivity contribution in [1.29, 1.82) is 0 Å². The van der Waals surface area contributed by atoms with Crippen molar-refractivity contribution in [3.8, 4) is 11.5 Å². The third-order valence-electron chi connectivity index (χ3n) is 3.31. The van der Waals surface area contributed by atoms with E-state index in [9.17, 15) is 18.6 Å². The van der Waals surface area contributed by atoms with Crippen LogP contribution in [0.15, 0.2) is 59.5 Å². The number of sulfonamides is 1. The standard InChI is InChI=1S/C16H12ClNO4S/c17-12-2-4-13(5-3-12)18-23(21,22)14-6-1-10-8-15(19)16(20)9-11(10)7-14/h1-9,18-20H. The summed E-state index contributed by atoms with van der Waals surface area (Å²) in [5, 5.41) is 20.6. The predicted octanol–water partition coefficient (Wildman–Crippen LogP) is 3.71. The van der Waals surface area contributed by atoms with Gasteiger partial charge in [0.25, 0.3) is 10.0 Å². The molecule has 5 nitrogen and oxygen atoms in total. The number of halogens is 1. The van der Waals surface area contributed by atoms with Crippen molar-refractivity contribution in [3.05, 3.63) is 59.6 Å². The molecule has 0 amide bonds. The largest absolute Gasteiger partial charge is 0.504 e. The number of hydrogen-bond acceptors (Lipinski definition) is 4. The van der Waals surface area contributed by atoms with E-state index in [1.807, 2.05) is 0 Å². The minimum absolute atomic E-state index is 0.0463. The SMILES string of the molecule is O=S(=O)(Nc1ccc(Cl)cc1)c1ccc2cc(O)c(O)cc2c1. The molecule has 0 atom stereocenters. The van der Waals surface area contributed by atoms with Crippen LogP contribution in [0.2, 0.25) is 5.02 Å². The zero-order valence-corrected chi connectivity index (χ0v) is 13.3. The van der Waals surface area contributed by atoms with Crippen molar-refractivity contribution < 1.29 is 18.6 Å². The van der Waals surface area contributed by atoms with E-state index in [0.717, 1.165) is 0 Å². The average molecular weight is 350 g/mol. The van der Waals surface area contributed by atoms with Crippen LogP contribution in [0, 0.1) is 0 Å². The second-order valence-electron chi connectivity index (χ2n) is 4.96. The number of phenolic OH excluding ortho intramolecular Hbond substituents is 2. The first kappa shape index (κ1) is 15.5. The molecule has 0 radical (unpaired) electrons. The molecular weight excluding hydrogens is 338 g/mol. The summed E-state index contributed by atoms with van der Waals surface area (Å²) >= 11 is 5.77. The van der Waals surface area contributed by atoms with Crippen molar-refractivity contribution in [3.63, 3.8) is 0 Å². The molecular formula is C16H12ClNO4S. The molecule has 3 N–H and O–H groups in total. The lowest BCUT2D eigenvalue weighted by atomic mass is 10.1. The Kier molecular flexibility index (Phi) is 3.79. The maximum absolute atomic E-state index is 12.4. The molecule has 3 rings (SSSR count). The van der Waals surface area contributed by atoms with Crippen molar-refractivity contribution in [2.45, 2.75) is 4.90 Å². The third kappa shape index (κ3) is 3.18. The fraction of sp³-hybridized carbons (Fsp3) is 0. The Labute approximate surface area is 137 Å². The lowest BCUT2D eigenvalue weighted by Gasteiger charge is -2.09. The number of phenols is 2. The first-order valence-corrected chi connectivity index (χ1v) is 8.45. The summed E-state index contributed by atoms with van der Waals surface area (Å²) in [4.78, 5) is 0.0463. The Morgan fingerprint density at radius 3 is 2.09 bits per heavy atom. The second-order valence-corrected chi connectivity index (χ2v) is 7.08. The summed E-state index contributed by atoms with van der Waals surface area (Å²) in [6.45, 7) is 0. The van der Waals surface area contributed by atoms with E-state index in [-0.39, 0.29) is 16.4 Å². The van der Waals surface area contributed by atoms with Crippen molar-refractivity contribution in [2.24, 2.45) is 0 Å². The van der Waals surface area contributed by atoms with E-state index < -0.39 is 10.0 Å². The van der Waals surface area contributed by atoms with Gasteiger partial charge < -0.3 is 10.2 Å². The van der Waals surface area contributed by atoms with Crippen LogP contribution in [0.5, 0.6) is 11.5 Å². The first-order valence-electron chi connectivity index (χ1n) is 6.59. The quantitative estimate of drug-likeness (QED) is 0.629. The van der Waals surface area contributed by atoms with Crippen LogP contribution in [0.25, 0.3) is 10.8 Å². The number of aromatic hydroxyl groups is 2. The monoisotopic (exact) mass is 349 g/mol. The molecule has 0 aromatic heterocycles. The molecule has 0 spiro atoms. The summed E-state index contributed by atoms with van der Waals surface area (Å²) in [7, 11) is -3.78. The van der Waals surface area contributed by atoms with Gasteiger partial charge in [-0.3, -0.25) is 4.72 Å². The van der Waals surface area contributed by atoms with E-state index in [2.05, 4.69) is 4.72 Å². The zero-order valence-electron chi connectivity index (χ0n) is 11.7. The van der Waals surface area contributed by atoms with E-state index in [1.165, 1.54) is 24.3 Å². The highest BCUT2D eigenvalue weighted by Gasteiger charge is 2.15. The Morgan fingerprint density at radius 2 is 1.43 bits per heavy atom. The van der Waals surface area contributed by atoms with Crippen molar-refractivity contribution in [1.82, 2.24) is 0 Å². The summed E-state index contributed by atoms with van der Waals surface area (Å²) in [6, 6.07) is 13.4. The van der Waals surface area contributed by atoms with E-state index in [0.29, 0.717) is 21.5 Å². The van der Waals surface area contributed by atoms with Gasteiger partial charge in [0.2, 0.25) is 0 Å². The Bertz CT molecular complexity index is 985. The minimum atomic E-state index is -3.78. The predicted molar refractivity (Wildman–Crippen MR) is 89.5 cm³/mol. The molecule has 0 fully saturated rings. The summed E-state index contributed by atoms with van der Waals surface area (Å²) < 4.78 is 27.3. The van der Waals surface area contributed by atoms with Crippen LogP contribution in [0.3, 0.4) is 0 Å². The molecule has 0 aliphatic rings. The lowest BCUT2D eigenvalue weighted by Crippen LogP contribution is -2.12. The van der Waals surface area contributed by atoms with Gasteiger partial charge in [0.05, 0.1) is 4.90 Å². The zero-order chi connectivity index (χ0) is 16.6. The van der Waals surface area contributed by atoms with Gasteiger partial charge in [-0.1, -0.05) is 17.7 Å². The molecule has 0 saturated carbocycles. The summed E-state index contributed by atoms with van der Waals surface area (Å²) in [5.74, 6) is -0.565. The second kappa shape index (κ2) is 5.64. The number of fused-ring (bicyclic) bond motifs is 1. The smallest absolute Gasteiger partial charge is 0.261 e. The van der Waals surface area contributed by atoms with Crippen LogP contribution in [-0.2, 0) is 10.0 Å². The fourth-order valence-electron chi connectivity index (χ4n) is 2.15. The Hall–Kier alpha value is -2.44. The number of rotatable bonds is 3. The molecule has 0 unspecified atom stereocenters. The molecule has 3 aromatic rings. The lowest BCUT2D eigenvalue weighted by molar-refractivity contribution is 0.405. The van der Waals surface area contributed by atoms with E-state index in [4.69, 9.17) is 11.6 Å². The molecule has 23 heavy (non-hydrogen) atoms. The number of anilines is 1. The summed E-state index contributed by atoms with van der Waals surface area (Å²) in [5.41, 5.74) is 0.392. The highest BCUT2D eigenvalue weighted by atomic mass is 35.5. The van der Waals surface area contributed by atoms with E-state index >= 15 is 0 Å². The van der Waals surface area contributed by atoms with Crippen LogP contribution < -0.4 is 4.72 Å². The average Bonchev–Trinajstić information content (AvgIpc) is 2.50.